The molecule has 0 radical (unpaired) electrons. The van der Waals surface area contributed by atoms with Gasteiger partial charge in [-0.3, -0.25) is 0 Å². The van der Waals surface area contributed by atoms with Crippen molar-refractivity contribution in [2.45, 2.75) is 25.3 Å². The summed E-state index contributed by atoms with van der Waals surface area (Å²) in [5.41, 5.74) is 2.90. The van der Waals surface area contributed by atoms with Crippen molar-refractivity contribution in [3.8, 4) is 11.1 Å². The topological polar surface area (TPSA) is 79.7 Å². The quantitative estimate of drug-likeness (QED) is 0.669. The van der Waals surface area contributed by atoms with E-state index in [0.717, 1.165) is 27.2 Å². The zero-order valence-electron chi connectivity index (χ0n) is 16.8. The normalized spacial score (nSPS) is 12.7. The standard InChI is InChI=1S/C24H22N2O4/c1-24(2,22(27)28)26(21-13-7-8-14-25-21)23(29)30-15-20-18-11-5-3-9-16(18)17-10-4-6-12-19(17)20/h3-14,20H,15H2,1-2H3,(H,27,28). The number of carboxylic acid groups (broad SMARTS) is 1. The van der Waals surface area contributed by atoms with Crippen molar-refractivity contribution in [3.05, 3.63) is 84.1 Å². The Labute approximate surface area is 174 Å². The molecule has 6 heteroatoms. The summed E-state index contributed by atoms with van der Waals surface area (Å²) in [6.45, 7) is 3.00. The van der Waals surface area contributed by atoms with Gasteiger partial charge in [0.25, 0.3) is 0 Å². The highest BCUT2D eigenvalue weighted by atomic mass is 16.6. The maximum Gasteiger partial charge on any atom is 0.416 e. The summed E-state index contributed by atoms with van der Waals surface area (Å²) >= 11 is 0. The van der Waals surface area contributed by atoms with E-state index in [-0.39, 0.29) is 18.3 Å². The molecule has 0 fully saturated rings. The number of ether oxygens (including phenoxy) is 1. The lowest BCUT2D eigenvalue weighted by molar-refractivity contribution is -0.142. The third-order valence-electron chi connectivity index (χ3n) is 5.48. The van der Waals surface area contributed by atoms with E-state index in [0.29, 0.717) is 0 Å². The molecule has 1 aliphatic carbocycles. The van der Waals surface area contributed by atoms with Crippen LogP contribution >= 0.6 is 0 Å². The number of benzene rings is 2. The molecule has 3 aromatic rings. The van der Waals surface area contributed by atoms with Crippen LogP contribution in [0, 0.1) is 0 Å². The molecule has 0 aliphatic heterocycles. The Balaban J connectivity index is 1.62. The van der Waals surface area contributed by atoms with Gasteiger partial charge in [0, 0.05) is 12.1 Å². The number of aliphatic carboxylic acids is 1. The lowest BCUT2D eigenvalue weighted by Gasteiger charge is -2.33. The van der Waals surface area contributed by atoms with E-state index >= 15 is 0 Å². The highest BCUT2D eigenvalue weighted by Gasteiger charge is 2.41. The molecule has 4 rings (SSSR count). The first-order valence-corrected chi connectivity index (χ1v) is 9.71. The number of fused-ring (bicyclic) bond motifs is 3. The van der Waals surface area contributed by atoms with Gasteiger partial charge in [-0.25, -0.2) is 19.5 Å². The first-order chi connectivity index (χ1) is 14.4. The predicted octanol–water partition coefficient (Wildman–Crippen LogP) is 4.70. The van der Waals surface area contributed by atoms with E-state index in [4.69, 9.17) is 4.74 Å². The molecule has 1 heterocycles. The van der Waals surface area contributed by atoms with Crippen LogP contribution in [0.3, 0.4) is 0 Å². The van der Waals surface area contributed by atoms with Crippen molar-refractivity contribution in [1.82, 2.24) is 4.98 Å². The maximum atomic E-state index is 13.1. The third kappa shape index (κ3) is 3.30. The van der Waals surface area contributed by atoms with Crippen molar-refractivity contribution in [2.24, 2.45) is 0 Å². The van der Waals surface area contributed by atoms with Gasteiger partial charge in [0.2, 0.25) is 0 Å². The minimum Gasteiger partial charge on any atom is -0.480 e. The first kappa shape index (κ1) is 19.6. The Morgan fingerprint density at radius 2 is 1.53 bits per heavy atom. The van der Waals surface area contributed by atoms with E-state index in [1.165, 1.54) is 20.0 Å². The van der Waals surface area contributed by atoms with Crippen molar-refractivity contribution in [3.63, 3.8) is 0 Å². The second-order valence-electron chi connectivity index (χ2n) is 7.69. The van der Waals surface area contributed by atoms with Gasteiger partial charge < -0.3 is 9.84 Å². The summed E-state index contributed by atoms with van der Waals surface area (Å²) in [5, 5.41) is 9.68. The van der Waals surface area contributed by atoms with Crippen molar-refractivity contribution in [2.75, 3.05) is 11.5 Å². The van der Waals surface area contributed by atoms with Crippen LogP contribution in [0.4, 0.5) is 10.6 Å². The minimum absolute atomic E-state index is 0.103. The number of carbonyl (C=O) groups is 2. The molecule has 30 heavy (non-hydrogen) atoms. The van der Waals surface area contributed by atoms with E-state index in [9.17, 15) is 14.7 Å². The number of hydrogen-bond donors (Lipinski definition) is 1. The van der Waals surface area contributed by atoms with Crippen LogP contribution < -0.4 is 4.90 Å². The highest BCUT2D eigenvalue weighted by Crippen LogP contribution is 2.44. The monoisotopic (exact) mass is 402 g/mol. The van der Waals surface area contributed by atoms with Gasteiger partial charge in [0.1, 0.15) is 18.0 Å². The number of anilines is 1. The molecule has 0 atom stereocenters. The molecule has 1 aromatic heterocycles. The van der Waals surface area contributed by atoms with Crippen molar-refractivity contribution in [1.29, 1.82) is 0 Å². The van der Waals surface area contributed by atoms with Gasteiger partial charge in [-0.1, -0.05) is 54.6 Å². The van der Waals surface area contributed by atoms with Crippen LogP contribution in [-0.2, 0) is 9.53 Å². The molecular formula is C24H22N2O4. The second kappa shape index (κ2) is 7.63. The van der Waals surface area contributed by atoms with Gasteiger partial charge in [0.15, 0.2) is 0 Å². The Morgan fingerprint density at radius 3 is 2.07 bits per heavy atom. The Kier molecular flexibility index (Phi) is 4.99. The molecule has 1 aliphatic rings. The molecule has 1 N–H and O–H groups in total. The molecule has 152 valence electrons. The first-order valence-electron chi connectivity index (χ1n) is 9.71. The number of pyridine rings is 1. The van der Waals surface area contributed by atoms with Gasteiger partial charge >= 0.3 is 12.1 Å². The number of nitrogens with zero attached hydrogens (tertiary/aromatic N) is 2. The van der Waals surface area contributed by atoms with E-state index in [1.54, 1.807) is 18.2 Å². The fourth-order valence-electron chi connectivity index (χ4n) is 3.85. The zero-order valence-corrected chi connectivity index (χ0v) is 16.8. The number of carboxylic acids is 1. The molecular weight excluding hydrogens is 380 g/mol. The fourth-order valence-corrected chi connectivity index (χ4v) is 3.85. The zero-order chi connectivity index (χ0) is 21.3. The summed E-state index contributed by atoms with van der Waals surface area (Å²) in [6, 6.07) is 21.1. The summed E-state index contributed by atoms with van der Waals surface area (Å²) in [5.74, 6) is -1.04. The van der Waals surface area contributed by atoms with Crippen LogP contribution in [0.15, 0.2) is 72.9 Å². The summed E-state index contributed by atoms with van der Waals surface area (Å²) < 4.78 is 5.68. The Hall–Kier alpha value is -3.67. The number of aromatic nitrogens is 1. The Morgan fingerprint density at radius 1 is 0.967 bits per heavy atom. The molecule has 0 unspecified atom stereocenters. The van der Waals surface area contributed by atoms with Crippen LogP contribution in [0.25, 0.3) is 11.1 Å². The Bertz CT molecular complexity index is 1050. The SMILES string of the molecule is CC(C)(C(=O)O)N(C(=O)OCC1c2ccccc2-c2ccccc21)c1ccccn1. The molecule has 0 bridgehead atoms. The van der Waals surface area contributed by atoms with Crippen LogP contribution in [-0.4, -0.2) is 34.3 Å². The van der Waals surface area contributed by atoms with Crippen LogP contribution in [0.2, 0.25) is 0 Å². The summed E-state index contributed by atoms with van der Waals surface area (Å²) in [6.07, 6.45) is 0.764. The number of amides is 1. The van der Waals surface area contributed by atoms with Crippen LogP contribution in [0.5, 0.6) is 0 Å². The molecule has 1 amide bonds. The molecule has 2 aromatic carbocycles. The van der Waals surface area contributed by atoms with Gasteiger partial charge in [-0.2, -0.15) is 0 Å². The lowest BCUT2D eigenvalue weighted by Crippen LogP contribution is -2.54. The smallest absolute Gasteiger partial charge is 0.416 e. The number of carbonyl (C=O) groups excluding carboxylic acids is 1. The van der Waals surface area contributed by atoms with E-state index in [1.807, 2.05) is 36.4 Å². The lowest BCUT2D eigenvalue weighted by atomic mass is 9.98. The number of rotatable bonds is 5. The van der Waals surface area contributed by atoms with E-state index in [2.05, 4.69) is 17.1 Å². The summed E-state index contributed by atoms with van der Waals surface area (Å²) in [7, 11) is 0. The van der Waals surface area contributed by atoms with Gasteiger partial charge in [-0.05, 0) is 48.2 Å². The molecule has 0 spiro atoms. The minimum atomic E-state index is -1.53. The largest absolute Gasteiger partial charge is 0.480 e. The third-order valence-corrected chi connectivity index (χ3v) is 5.48. The number of hydrogen-bond acceptors (Lipinski definition) is 4. The van der Waals surface area contributed by atoms with Crippen molar-refractivity contribution < 1.29 is 19.4 Å². The van der Waals surface area contributed by atoms with Crippen molar-refractivity contribution >= 4 is 17.9 Å². The fraction of sp³-hybridized carbons (Fsp3) is 0.208. The van der Waals surface area contributed by atoms with Gasteiger partial charge in [0.05, 0.1) is 0 Å². The summed E-state index contributed by atoms with van der Waals surface area (Å²) in [4.78, 5) is 30.2. The molecule has 0 saturated carbocycles. The predicted molar refractivity (Wildman–Crippen MR) is 113 cm³/mol. The van der Waals surface area contributed by atoms with E-state index < -0.39 is 17.6 Å². The van der Waals surface area contributed by atoms with Gasteiger partial charge in [-0.15, -0.1) is 0 Å². The molecule has 6 nitrogen and oxygen atoms in total. The maximum absolute atomic E-state index is 13.1. The second-order valence-corrected chi connectivity index (χ2v) is 7.69. The molecule has 0 saturated heterocycles. The average Bonchev–Trinajstić information content (AvgIpc) is 3.07. The average molecular weight is 402 g/mol. The highest BCUT2D eigenvalue weighted by molar-refractivity contribution is 5.96. The van der Waals surface area contributed by atoms with Crippen LogP contribution in [0.1, 0.15) is 30.9 Å².